The minimum atomic E-state index is -1.50. The number of Topliss-reactive ketones (excluding diaryl/α,β-unsaturated/α-hetero) is 1. The number of aliphatic carboxylic acids is 1. The fourth-order valence-electron chi connectivity index (χ4n) is 3.57. The van der Waals surface area contributed by atoms with Crippen LogP contribution < -0.4 is 61.4 Å². The molecule has 1 aromatic carbocycles. The van der Waals surface area contributed by atoms with Gasteiger partial charge in [0.15, 0.2) is 5.78 Å². The smallest absolute Gasteiger partial charge is 0.548 e. The van der Waals surface area contributed by atoms with Crippen molar-refractivity contribution in [2.75, 3.05) is 19.0 Å². The molecule has 0 saturated carbocycles. The second-order valence-corrected chi connectivity index (χ2v) is 9.13. The molecule has 27 heavy (non-hydrogen) atoms. The van der Waals surface area contributed by atoms with Gasteiger partial charge in [-0.3, -0.25) is 9.59 Å². The summed E-state index contributed by atoms with van der Waals surface area (Å²) >= 11 is 1.28. The van der Waals surface area contributed by atoms with Gasteiger partial charge in [-0.1, -0.05) is 0 Å². The summed E-state index contributed by atoms with van der Waals surface area (Å²) in [7, 11) is 3.75. The second-order valence-electron chi connectivity index (χ2n) is 7.36. The number of carbonyl (C=O) groups excluding carboxylic acids is 3. The van der Waals surface area contributed by atoms with Gasteiger partial charge in [0.1, 0.15) is 12.0 Å². The Morgan fingerprint density at radius 1 is 1.26 bits per heavy atom. The van der Waals surface area contributed by atoms with Crippen molar-refractivity contribution < 1.29 is 76.0 Å². The molecular weight excluding hydrogens is 395 g/mol. The fraction of sp³-hybridized carbons (Fsp3) is 0.500. The van der Waals surface area contributed by atoms with Crippen LogP contribution in [0.5, 0.6) is 0 Å². The summed E-state index contributed by atoms with van der Waals surface area (Å²) in [5, 5.41) is 21.4. The summed E-state index contributed by atoms with van der Waals surface area (Å²) in [6.07, 6.45) is -1.50. The van der Waals surface area contributed by atoms with Crippen LogP contribution >= 0.6 is 11.8 Å². The molecule has 3 rings (SSSR count). The summed E-state index contributed by atoms with van der Waals surface area (Å²) in [4.78, 5) is 39.6. The van der Waals surface area contributed by atoms with E-state index in [0.717, 1.165) is 5.69 Å². The molecule has 2 aliphatic rings. The van der Waals surface area contributed by atoms with Crippen LogP contribution in [0.2, 0.25) is 0 Å². The molecule has 1 unspecified atom stereocenters. The van der Waals surface area contributed by atoms with E-state index >= 15 is 0 Å². The Hall–Kier alpha value is -0.424. The van der Waals surface area contributed by atoms with Gasteiger partial charge in [-0.25, -0.2) is 0 Å². The third-order valence-electron chi connectivity index (χ3n) is 4.98. The molecule has 2 fully saturated rings. The van der Waals surface area contributed by atoms with Crippen molar-refractivity contribution in [3.63, 3.8) is 0 Å². The summed E-state index contributed by atoms with van der Waals surface area (Å²) < 4.78 is -0.746. The molecule has 4 atom stereocenters. The van der Waals surface area contributed by atoms with Crippen molar-refractivity contribution in [3.05, 3.63) is 29.8 Å². The summed E-state index contributed by atoms with van der Waals surface area (Å²) in [5.41, 5.74) is 1.22. The van der Waals surface area contributed by atoms with E-state index in [-0.39, 0.29) is 51.4 Å². The predicted molar refractivity (Wildman–Crippen MR) is 95.7 cm³/mol. The van der Waals surface area contributed by atoms with E-state index in [1.165, 1.54) is 16.7 Å². The predicted octanol–water partition coefficient (Wildman–Crippen LogP) is -3.27. The van der Waals surface area contributed by atoms with Crippen LogP contribution in [0, 0.1) is 5.92 Å². The number of carbonyl (C=O) groups is 3. The number of aliphatic hydroxyl groups is 1. The Morgan fingerprint density at radius 3 is 2.30 bits per heavy atom. The van der Waals surface area contributed by atoms with Crippen LogP contribution in [0.3, 0.4) is 0 Å². The van der Waals surface area contributed by atoms with E-state index in [9.17, 15) is 24.6 Å². The molecule has 0 aromatic heterocycles. The largest absolute Gasteiger partial charge is 1.00 e. The Morgan fingerprint density at radius 2 is 1.81 bits per heavy atom. The first kappa shape index (κ1) is 22.9. The number of benzene rings is 1. The van der Waals surface area contributed by atoms with Gasteiger partial charge >= 0.3 is 51.4 Å². The van der Waals surface area contributed by atoms with Gasteiger partial charge in [0.2, 0.25) is 5.91 Å². The van der Waals surface area contributed by atoms with Gasteiger partial charge in [0, 0.05) is 30.1 Å². The number of fused-ring (bicyclic) bond motifs is 1. The normalized spacial score (nSPS) is 26.5. The molecule has 2 saturated heterocycles. The quantitative estimate of drug-likeness (QED) is 0.305. The minimum absolute atomic E-state index is 0. The number of β-lactam (4-membered cyclic amide) rings is 1. The number of hydrogen-bond acceptors (Lipinski definition) is 7. The van der Waals surface area contributed by atoms with Gasteiger partial charge in [-0.2, -0.15) is 0 Å². The Labute approximate surface area is 204 Å². The molecule has 9 heteroatoms. The number of amides is 1. The molecule has 1 N–H and O–H groups in total. The molecule has 7 nitrogen and oxygen atoms in total. The first-order valence-corrected chi connectivity index (χ1v) is 9.14. The van der Waals surface area contributed by atoms with E-state index < -0.39 is 45.8 Å². The Kier molecular flexibility index (Phi) is 6.89. The molecule has 140 valence electrons. The number of nitrogens with zero attached hydrogens (tertiary/aromatic N) is 2. The van der Waals surface area contributed by atoms with E-state index in [0.29, 0.717) is 5.56 Å². The van der Waals surface area contributed by atoms with Crippen LogP contribution in [0.15, 0.2) is 24.3 Å². The van der Waals surface area contributed by atoms with Crippen molar-refractivity contribution in [1.82, 2.24) is 4.90 Å². The number of carboxylic acids is 1. The number of hydrogen-bond donors (Lipinski definition) is 1. The van der Waals surface area contributed by atoms with Crippen LogP contribution in [-0.4, -0.2) is 64.0 Å². The molecule has 1 aromatic rings. The molecule has 1 amide bonds. The van der Waals surface area contributed by atoms with Crippen LogP contribution in [0.4, 0.5) is 5.69 Å². The van der Waals surface area contributed by atoms with Gasteiger partial charge in [0.05, 0.1) is 17.4 Å². The van der Waals surface area contributed by atoms with Gasteiger partial charge < -0.3 is 24.8 Å². The number of carboxylic acid groups (broad SMARTS) is 1. The maximum Gasteiger partial charge on any atom is 1.00 e. The van der Waals surface area contributed by atoms with Gasteiger partial charge in [-0.05, 0) is 38.1 Å². The molecule has 0 radical (unpaired) electrons. The topological polar surface area (TPSA) is 101 Å². The van der Waals surface area contributed by atoms with Crippen LogP contribution in [-0.2, 0) is 9.59 Å². The SMILES string of the molecule is CN(C)c1ccc(C(=O)C(O)[C@@H]2C(=O)N3[C@@H]2SC(C)(C)[C@@H]3C(=O)[O-])cc1.[K+]. The molecule has 0 bridgehead atoms. The third kappa shape index (κ3) is 3.87. The van der Waals surface area contributed by atoms with Crippen LogP contribution in [0.25, 0.3) is 0 Å². The van der Waals surface area contributed by atoms with E-state index in [1.807, 2.05) is 19.0 Å². The number of rotatable bonds is 5. The van der Waals surface area contributed by atoms with Crippen molar-refractivity contribution in [2.24, 2.45) is 5.92 Å². The van der Waals surface area contributed by atoms with E-state index in [1.54, 1.807) is 38.1 Å². The van der Waals surface area contributed by atoms with Gasteiger partial charge in [0.25, 0.3) is 0 Å². The van der Waals surface area contributed by atoms with Crippen LogP contribution in [0.1, 0.15) is 24.2 Å². The minimum Gasteiger partial charge on any atom is -0.548 e. The number of anilines is 1. The zero-order chi connectivity index (χ0) is 19.4. The zero-order valence-electron chi connectivity index (χ0n) is 16.0. The molecule has 0 spiro atoms. The van der Waals surface area contributed by atoms with Crippen molar-refractivity contribution >= 4 is 35.1 Å². The number of ketones is 1. The maximum absolute atomic E-state index is 12.6. The average Bonchev–Trinajstić information content (AvgIpc) is 2.82. The van der Waals surface area contributed by atoms with E-state index in [2.05, 4.69) is 0 Å². The number of aliphatic hydroxyl groups excluding tert-OH is 1. The maximum atomic E-state index is 12.6. The standard InChI is InChI=1S/C18H22N2O5S.K/c1-18(2)14(17(24)25)20-15(23)11(16(20)26-18)13(22)12(21)9-5-7-10(8-6-9)19(3)4;/h5-8,11,13-14,16,22H,1-4H3,(H,24,25);/q;+1/p-1/t11-,13?,14+,16-;/m1./s1. The Balaban J connectivity index is 0.00000261. The molecule has 0 aliphatic carbocycles. The zero-order valence-corrected chi connectivity index (χ0v) is 19.9. The first-order chi connectivity index (χ1) is 12.1. The summed E-state index contributed by atoms with van der Waals surface area (Å²) in [5.74, 6) is -3.32. The van der Waals surface area contributed by atoms with E-state index in [4.69, 9.17) is 0 Å². The monoisotopic (exact) mass is 416 g/mol. The summed E-state index contributed by atoms with van der Waals surface area (Å²) in [6, 6.07) is 5.67. The summed E-state index contributed by atoms with van der Waals surface area (Å²) in [6.45, 7) is 3.43. The third-order valence-corrected chi connectivity index (χ3v) is 6.58. The van der Waals surface area contributed by atoms with Crippen molar-refractivity contribution in [2.45, 2.75) is 36.1 Å². The molecule has 2 heterocycles. The van der Waals surface area contributed by atoms with Crippen molar-refractivity contribution in [1.29, 1.82) is 0 Å². The molecule has 2 aliphatic heterocycles. The second kappa shape index (κ2) is 8.14. The average molecular weight is 417 g/mol. The first-order valence-electron chi connectivity index (χ1n) is 8.27. The number of thioether (sulfide) groups is 1. The Bertz CT molecular complexity index is 768. The molecular formula is C18H21KN2O5S. The van der Waals surface area contributed by atoms with Crippen molar-refractivity contribution in [3.8, 4) is 0 Å². The van der Waals surface area contributed by atoms with Gasteiger partial charge in [-0.15, -0.1) is 11.8 Å². The fourth-order valence-corrected chi connectivity index (χ4v) is 5.28.